The van der Waals surface area contributed by atoms with E-state index in [0.29, 0.717) is 12.2 Å². The Morgan fingerprint density at radius 3 is 2.50 bits per heavy atom. The zero-order valence-corrected chi connectivity index (χ0v) is 9.77. The van der Waals surface area contributed by atoms with Crippen molar-refractivity contribution in [3.05, 3.63) is 35.4 Å². The van der Waals surface area contributed by atoms with Crippen molar-refractivity contribution in [1.29, 1.82) is 0 Å². The van der Waals surface area contributed by atoms with Gasteiger partial charge in [-0.05, 0) is 31.0 Å². The number of hydrogen-bond donors (Lipinski definition) is 1. The number of rotatable bonds is 5. The number of unbranched alkanes of at least 4 members (excludes halogenated alkanes) is 1. The van der Waals surface area contributed by atoms with E-state index in [1.165, 1.54) is 0 Å². The van der Waals surface area contributed by atoms with Gasteiger partial charge in [0, 0.05) is 0 Å². The highest BCUT2D eigenvalue weighted by molar-refractivity contribution is 5.89. The molecule has 0 aliphatic carbocycles. The highest BCUT2D eigenvalue weighted by Crippen LogP contribution is 2.13. The molecule has 0 saturated carbocycles. The summed E-state index contributed by atoms with van der Waals surface area (Å²) in [4.78, 5) is 11.5. The second kappa shape index (κ2) is 6.28. The van der Waals surface area contributed by atoms with Gasteiger partial charge in [-0.2, -0.15) is 0 Å². The third-order valence-corrected chi connectivity index (χ3v) is 2.36. The standard InChI is InChI=1S/C13H18O3/c1-3-4-9-16-13(15)12-7-5-11(6-8-12)10(2)14/h5-8,10,14H,3-4,9H2,1-2H3. The van der Waals surface area contributed by atoms with Gasteiger partial charge in [0.05, 0.1) is 18.3 Å². The average Bonchev–Trinajstić information content (AvgIpc) is 2.29. The molecule has 0 aromatic heterocycles. The fourth-order valence-corrected chi connectivity index (χ4v) is 1.29. The fraction of sp³-hybridized carbons (Fsp3) is 0.462. The number of esters is 1. The molecular formula is C13H18O3. The van der Waals surface area contributed by atoms with Gasteiger partial charge in [-0.15, -0.1) is 0 Å². The quantitative estimate of drug-likeness (QED) is 0.615. The Morgan fingerprint density at radius 1 is 1.38 bits per heavy atom. The van der Waals surface area contributed by atoms with E-state index in [4.69, 9.17) is 4.74 Å². The highest BCUT2D eigenvalue weighted by Gasteiger charge is 2.07. The zero-order chi connectivity index (χ0) is 12.0. The molecule has 0 amide bonds. The van der Waals surface area contributed by atoms with Gasteiger partial charge in [0.1, 0.15) is 0 Å². The molecule has 0 fully saturated rings. The summed E-state index contributed by atoms with van der Waals surface area (Å²) in [6.45, 7) is 4.20. The van der Waals surface area contributed by atoms with Crippen molar-refractivity contribution in [3.63, 3.8) is 0 Å². The van der Waals surface area contributed by atoms with Gasteiger partial charge in [-0.25, -0.2) is 4.79 Å². The lowest BCUT2D eigenvalue weighted by Gasteiger charge is -2.06. The van der Waals surface area contributed by atoms with Crippen molar-refractivity contribution >= 4 is 5.97 Å². The Bertz CT molecular complexity index is 328. The second-order valence-electron chi connectivity index (χ2n) is 3.79. The predicted octanol–water partition coefficient (Wildman–Crippen LogP) is 2.70. The van der Waals surface area contributed by atoms with Crippen molar-refractivity contribution in [2.75, 3.05) is 6.61 Å². The van der Waals surface area contributed by atoms with Crippen LogP contribution in [-0.4, -0.2) is 17.7 Å². The lowest BCUT2D eigenvalue weighted by Crippen LogP contribution is -2.06. The van der Waals surface area contributed by atoms with Crippen molar-refractivity contribution in [1.82, 2.24) is 0 Å². The minimum atomic E-state index is -0.509. The summed E-state index contributed by atoms with van der Waals surface area (Å²) < 4.78 is 5.07. The Labute approximate surface area is 96.1 Å². The van der Waals surface area contributed by atoms with Crippen LogP contribution in [0.1, 0.15) is 48.7 Å². The number of aliphatic hydroxyl groups is 1. The molecule has 0 aliphatic heterocycles. The maximum atomic E-state index is 11.5. The molecule has 1 aromatic rings. The van der Waals surface area contributed by atoms with Gasteiger partial charge in [-0.3, -0.25) is 0 Å². The molecule has 0 bridgehead atoms. The Morgan fingerprint density at radius 2 is 2.00 bits per heavy atom. The molecule has 3 nitrogen and oxygen atoms in total. The van der Waals surface area contributed by atoms with Crippen molar-refractivity contribution < 1.29 is 14.6 Å². The van der Waals surface area contributed by atoms with E-state index in [0.717, 1.165) is 18.4 Å². The second-order valence-corrected chi connectivity index (χ2v) is 3.79. The topological polar surface area (TPSA) is 46.5 Å². The smallest absolute Gasteiger partial charge is 0.338 e. The number of carbonyl (C=O) groups excluding carboxylic acids is 1. The third-order valence-electron chi connectivity index (χ3n) is 2.36. The van der Waals surface area contributed by atoms with Crippen molar-refractivity contribution in [3.8, 4) is 0 Å². The summed E-state index contributed by atoms with van der Waals surface area (Å²) in [6, 6.07) is 6.83. The van der Waals surface area contributed by atoms with Gasteiger partial charge in [0.2, 0.25) is 0 Å². The van der Waals surface area contributed by atoms with Gasteiger partial charge in [0.15, 0.2) is 0 Å². The average molecular weight is 222 g/mol. The van der Waals surface area contributed by atoms with Gasteiger partial charge >= 0.3 is 5.97 Å². The molecule has 1 aromatic carbocycles. The molecule has 16 heavy (non-hydrogen) atoms. The molecule has 0 spiro atoms. The molecule has 0 saturated heterocycles. The van der Waals surface area contributed by atoms with E-state index in [1.54, 1.807) is 31.2 Å². The first kappa shape index (κ1) is 12.7. The molecule has 1 unspecified atom stereocenters. The monoisotopic (exact) mass is 222 g/mol. The number of ether oxygens (including phenoxy) is 1. The maximum Gasteiger partial charge on any atom is 0.338 e. The minimum Gasteiger partial charge on any atom is -0.462 e. The molecule has 0 aliphatic rings. The number of hydrogen-bond acceptors (Lipinski definition) is 3. The lowest BCUT2D eigenvalue weighted by molar-refractivity contribution is 0.0499. The normalized spacial score (nSPS) is 12.2. The predicted molar refractivity (Wildman–Crippen MR) is 62.3 cm³/mol. The van der Waals surface area contributed by atoms with Crippen LogP contribution in [0.2, 0.25) is 0 Å². The van der Waals surface area contributed by atoms with Crippen LogP contribution in [0.3, 0.4) is 0 Å². The molecule has 1 N–H and O–H groups in total. The molecule has 0 radical (unpaired) electrons. The Kier molecular flexibility index (Phi) is 4.99. The van der Waals surface area contributed by atoms with E-state index in [9.17, 15) is 9.90 Å². The van der Waals surface area contributed by atoms with Gasteiger partial charge < -0.3 is 9.84 Å². The zero-order valence-electron chi connectivity index (χ0n) is 9.77. The first-order valence-corrected chi connectivity index (χ1v) is 5.60. The van der Waals surface area contributed by atoms with Crippen LogP contribution in [0, 0.1) is 0 Å². The summed E-state index contributed by atoms with van der Waals surface area (Å²) in [5.74, 6) is -0.300. The van der Waals surface area contributed by atoms with E-state index >= 15 is 0 Å². The van der Waals surface area contributed by atoms with Crippen LogP contribution in [0.4, 0.5) is 0 Å². The Hall–Kier alpha value is -1.35. The van der Waals surface area contributed by atoms with E-state index in [-0.39, 0.29) is 5.97 Å². The van der Waals surface area contributed by atoms with Gasteiger partial charge in [-0.1, -0.05) is 25.5 Å². The molecule has 88 valence electrons. The summed E-state index contributed by atoms with van der Waals surface area (Å²) >= 11 is 0. The summed E-state index contributed by atoms with van der Waals surface area (Å²) in [7, 11) is 0. The van der Waals surface area contributed by atoms with E-state index < -0.39 is 6.10 Å². The van der Waals surface area contributed by atoms with E-state index in [1.807, 2.05) is 6.92 Å². The molecule has 0 heterocycles. The number of aliphatic hydroxyl groups excluding tert-OH is 1. The van der Waals surface area contributed by atoms with Crippen LogP contribution in [-0.2, 0) is 4.74 Å². The summed E-state index contributed by atoms with van der Waals surface area (Å²) in [5, 5.41) is 9.31. The minimum absolute atomic E-state index is 0.300. The maximum absolute atomic E-state index is 11.5. The fourth-order valence-electron chi connectivity index (χ4n) is 1.29. The SMILES string of the molecule is CCCCOC(=O)c1ccc(C(C)O)cc1. The first-order valence-electron chi connectivity index (χ1n) is 5.60. The van der Waals surface area contributed by atoms with E-state index in [2.05, 4.69) is 0 Å². The van der Waals surface area contributed by atoms with Crippen LogP contribution >= 0.6 is 0 Å². The number of carbonyl (C=O) groups is 1. The largest absolute Gasteiger partial charge is 0.462 e. The highest BCUT2D eigenvalue weighted by atomic mass is 16.5. The molecule has 1 rings (SSSR count). The Balaban J connectivity index is 2.56. The summed E-state index contributed by atoms with van der Waals surface area (Å²) in [5.41, 5.74) is 1.32. The van der Waals surface area contributed by atoms with Gasteiger partial charge in [0.25, 0.3) is 0 Å². The molecular weight excluding hydrogens is 204 g/mol. The van der Waals surface area contributed by atoms with Crippen LogP contribution in [0.25, 0.3) is 0 Å². The molecule has 1 atom stereocenters. The summed E-state index contributed by atoms with van der Waals surface area (Å²) in [6.07, 6.45) is 1.39. The lowest BCUT2D eigenvalue weighted by atomic mass is 10.1. The van der Waals surface area contributed by atoms with Crippen LogP contribution < -0.4 is 0 Å². The van der Waals surface area contributed by atoms with Crippen LogP contribution in [0.5, 0.6) is 0 Å². The number of benzene rings is 1. The van der Waals surface area contributed by atoms with Crippen LogP contribution in [0.15, 0.2) is 24.3 Å². The van der Waals surface area contributed by atoms with Crippen molar-refractivity contribution in [2.24, 2.45) is 0 Å². The van der Waals surface area contributed by atoms with Crippen molar-refractivity contribution in [2.45, 2.75) is 32.8 Å². The first-order chi connectivity index (χ1) is 7.65. The third kappa shape index (κ3) is 3.66. The molecule has 3 heteroatoms.